The molecule has 0 saturated heterocycles. The van der Waals surface area contributed by atoms with E-state index in [1.165, 1.54) is 11.4 Å². The SMILES string of the molecule is CN1c2ccc(Cl)nc2CS1(=O)=O. The van der Waals surface area contributed by atoms with Crippen molar-refractivity contribution >= 4 is 27.3 Å². The highest BCUT2D eigenvalue weighted by Crippen LogP contribution is 2.31. The number of hydrogen-bond donors (Lipinski definition) is 0. The van der Waals surface area contributed by atoms with Crippen LogP contribution in [0.3, 0.4) is 0 Å². The maximum atomic E-state index is 11.4. The summed E-state index contributed by atoms with van der Waals surface area (Å²) < 4.78 is 24.0. The van der Waals surface area contributed by atoms with Gasteiger partial charge in [-0.3, -0.25) is 4.31 Å². The lowest BCUT2D eigenvalue weighted by Crippen LogP contribution is -2.20. The zero-order valence-corrected chi connectivity index (χ0v) is 8.43. The summed E-state index contributed by atoms with van der Waals surface area (Å²) >= 11 is 5.64. The molecule has 1 aliphatic rings. The van der Waals surface area contributed by atoms with E-state index >= 15 is 0 Å². The number of anilines is 1. The maximum absolute atomic E-state index is 11.4. The summed E-state index contributed by atoms with van der Waals surface area (Å²) in [5.41, 5.74) is 1.14. The van der Waals surface area contributed by atoms with Gasteiger partial charge in [-0.05, 0) is 12.1 Å². The van der Waals surface area contributed by atoms with Gasteiger partial charge in [0.2, 0.25) is 10.0 Å². The minimum absolute atomic E-state index is 0.0562. The number of rotatable bonds is 0. The first kappa shape index (κ1) is 8.77. The molecule has 0 amide bonds. The summed E-state index contributed by atoms with van der Waals surface area (Å²) in [6, 6.07) is 3.24. The quantitative estimate of drug-likeness (QED) is 0.611. The number of halogens is 1. The Kier molecular flexibility index (Phi) is 1.75. The predicted octanol–water partition coefficient (Wildman–Crippen LogP) is 1.01. The number of fused-ring (bicyclic) bond motifs is 1. The van der Waals surface area contributed by atoms with Crippen molar-refractivity contribution < 1.29 is 8.42 Å². The van der Waals surface area contributed by atoms with Crippen LogP contribution in [0.5, 0.6) is 0 Å². The third-order valence-corrected chi connectivity index (χ3v) is 3.87. The Morgan fingerprint density at radius 1 is 1.54 bits per heavy atom. The molecule has 0 bridgehead atoms. The van der Waals surface area contributed by atoms with Crippen LogP contribution in [-0.2, 0) is 15.8 Å². The Morgan fingerprint density at radius 2 is 2.23 bits per heavy atom. The molecule has 6 heteroatoms. The first-order valence-electron chi connectivity index (χ1n) is 3.63. The van der Waals surface area contributed by atoms with E-state index in [0.29, 0.717) is 16.5 Å². The Balaban J connectivity index is 2.63. The van der Waals surface area contributed by atoms with Crippen molar-refractivity contribution in [2.45, 2.75) is 5.75 Å². The standard InChI is InChI=1S/C7H7ClN2O2S/c1-10-6-2-3-7(8)9-5(6)4-13(10,11)12/h2-3H,4H2,1H3. The molecular weight excluding hydrogens is 212 g/mol. The second kappa shape index (κ2) is 2.59. The highest BCUT2D eigenvalue weighted by Gasteiger charge is 2.31. The zero-order valence-electron chi connectivity index (χ0n) is 6.86. The Labute approximate surface area is 81.2 Å². The first-order valence-corrected chi connectivity index (χ1v) is 5.61. The van der Waals surface area contributed by atoms with Crippen molar-refractivity contribution in [2.24, 2.45) is 0 Å². The van der Waals surface area contributed by atoms with Gasteiger partial charge in [-0.25, -0.2) is 13.4 Å². The van der Waals surface area contributed by atoms with Gasteiger partial charge in [0.1, 0.15) is 10.9 Å². The monoisotopic (exact) mass is 218 g/mol. The third kappa shape index (κ3) is 1.28. The molecule has 0 unspecified atom stereocenters. The molecule has 0 N–H and O–H groups in total. The molecule has 2 heterocycles. The van der Waals surface area contributed by atoms with Gasteiger partial charge in [0.15, 0.2) is 0 Å². The van der Waals surface area contributed by atoms with Crippen LogP contribution in [0.15, 0.2) is 12.1 Å². The smallest absolute Gasteiger partial charge is 0.240 e. The number of aromatic nitrogens is 1. The molecule has 1 aromatic heterocycles. The van der Waals surface area contributed by atoms with Gasteiger partial charge >= 0.3 is 0 Å². The minimum Gasteiger partial charge on any atom is -0.271 e. The summed E-state index contributed by atoms with van der Waals surface area (Å²) in [5, 5.41) is 0.323. The Hall–Kier alpha value is -0.810. The van der Waals surface area contributed by atoms with Crippen LogP contribution in [0.1, 0.15) is 5.69 Å². The van der Waals surface area contributed by atoms with Crippen molar-refractivity contribution in [1.29, 1.82) is 0 Å². The van der Waals surface area contributed by atoms with Crippen LogP contribution in [0.25, 0.3) is 0 Å². The lowest BCUT2D eigenvalue weighted by Gasteiger charge is -2.09. The lowest BCUT2D eigenvalue weighted by molar-refractivity contribution is 0.596. The molecule has 0 aliphatic carbocycles. The average molecular weight is 219 g/mol. The molecular formula is C7H7ClN2O2S. The van der Waals surface area contributed by atoms with Crippen LogP contribution >= 0.6 is 11.6 Å². The summed E-state index contributed by atoms with van der Waals surface area (Å²) in [5.74, 6) is -0.0562. The van der Waals surface area contributed by atoms with Crippen molar-refractivity contribution in [3.63, 3.8) is 0 Å². The van der Waals surface area contributed by atoms with Gasteiger partial charge < -0.3 is 0 Å². The van der Waals surface area contributed by atoms with E-state index < -0.39 is 10.0 Å². The van der Waals surface area contributed by atoms with Crippen molar-refractivity contribution in [1.82, 2.24) is 4.98 Å². The van der Waals surface area contributed by atoms with Crippen LogP contribution in [-0.4, -0.2) is 20.4 Å². The normalized spacial score (nSPS) is 18.8. The third-order valence-electron chi connectivity index (χ3n) is 1.99. The van der Waals surface area contributed by atoms with E-state index in [1.807, 2.05) is 0 Å². The molecule has 0 spiro atoms. The molecule has 0 radical (unpaired) electrons. The fourth-order valence-electron chi connectivity index (χ4n) is 1.28. The number of hydrogen-bond acceptors (Lipinski definition) is 3. The molecule has 1 aromatic rings. The fraction of sp³-hybridized carbons (Fsp3) is 0.286. The van der Waals surface area contributed by atoms with Crippen LogP contribution in [0.2, 0.25) is 5.15 Å². The second-order valence-electron chi connectivity index (χ2n) is 2.82. The van der Waals surface area contributed by atoms with E-state index in [1.54, 1.807) is 12.1 Å². The van der Waals surface area contributed by atoms with Crippen LogP contribution in [0, 0.1) is 0 Å². The highest BCUT2D eigenvalue weighted by atomic mass is 35.5. The van der Waals surface area contributed by atoms with Crippen LogP contribution in [0.4, 0.5) is 5.69 Å². The van der Waals surface area contributed by atoms with E-state index in [4.69, 9.17) is 11.6 Å². The predicted molar refractivity (Wildman–Crippen MR) is 50.3 cm³/mol. The molecule has 70 valence electrons. The Bertz CT molecular complexity index is 458. The minimum atomic E-state index is -3.19. The van der Waals surface area contributed by atoms with E-state index in [9.17, 15) is 8.42 Å². The van der Waals surface area contributed by atoms with Crippen LogP contribution < -0.4 is 4.31 Å². The molecule has 1 aliphatic heterocycles. The number of pyridine rings is 1. The zero-order chi connectivity index (χ0) is 9.64. The summed E-state index contributed by atoms with van der Waals surface area (Å²) in [7, 11) is -1.68. The molecule has 0 aromatic carbocycles. The van der Waals surface area contributed by atoms with Gasteiger partial charge in [0.05, 0.1) is 11.4 Å². The van der Waals surface area contributed by atoms with Gasteiger partial charge in [-0.15, -0.1) is 0 Å². The first-order chi connectivity index (χ1) is 6.00. The Morgan fingerprint density at radius 3 is 2.92 bits per heavy atom. The fourth-order valence-corrected chi connectivity index (χ4v) is 2.66. The molecule has 0 atom stereocenters. The van der Waals surface area contributed by atoms with Crippen molar-refractivity contribution in [2.75, 3.05) is 11.4 Å². The second-order valence-corrected chi connectivity index (χ2v) is 5.21. The summed E-state index contributed by atoms with van der Waals surface area (Å²) in [6.07, 6.45) is 0. The van der Waals surface area contributed by atoms with E-state index in [2.05, 4.69) is 4.98 Å². The lowest BCUT2D eigenvalue weighted by atomic mass is 10.3. The highest BCUT2D eigenvalue weighted by molar-refractivity contribution is 7.92. The summed E-state index contributed by atoms with van der Waals surface area (Å²) in [4.78, 5) is 3.94. The average Bonchev–Trinajstić information content (AvgIpc) is 2.22. The summed E-state index contributed by atoms with van der Waals surface area (Å²) in [6.45, 7) is 0. The van der Waals surface area contributed by atoms with Gasteiger partial charge in [-0.2, -0.15) is 0 Å². The van der Waals surface area contributed by atoms with Gasteiger partial charge in [0.25, 0.3) is 0 Å². The topological polar surface area (TPSA) is 50.3 Å². The molecule has 13 heavy (non-hydrogen) atoms. The van der Waals surface area contributed by atoms with Crippen molar-refractivity contribution in [3.05, 3.63) is 23.0 Å². The number of sulfonamides is 1. The molecule has 0 fully saturated rings. The molecule has 0 saturated carbocycles. The van der Waals surface area contributed by atoms with Crippen molar-refractivity contribution in [3.8, 4) is 0 Å². The van der Waals surface area contributed by atoms with Gasteiger partial charge in [-0.1, -0.05) is 11.6 Å². The number of nitrogens with zero attached hydrogens (tertiary/aromatic N) is 2. The molecule has 4 nitrogen and oxygen atoms in total. The molecule has 2 rings (SSSR count). The largest absolute Gasteiger partial charge is 0.271 e. The van der Waals surface area contributed by atoms with Gasteiger partial charge in [0, 0.05) is 7.05 Å². The van der Waals surface area contributed by atoms with E-state index in [-0.39, 0.29) is 5.75 Å². The van der Waals surface area contributed by atoms with E-state index in [0.717, 1.165) is 0 Å². The maximum Gasteiger partial charge on any atom is 0.240 e.